The molecular formula is C18H24N4O3S. The van der Waals surface area contributed by atoms with Crippen molar-refractivity contribution in [1.29, 1.82) is 0 Å². The summed E-state index contributed by atoms with van der Waals surface area (Å²) in [5, 5.41) is 13.0. The van der Waals surface area contributed by atoms with E-state index in [1.807, 2.05) is 5.38 Å². The van der Waals surface area contributed by atoms with E-state index in [-0.39, 0.29) is 11.9 Å². The van der Waals surface area contributed by atoms with Crippen molar-refractivity contribution in [3.63, 3.8) is 0 Å². The smallest absolute Gasteiger partial charge is 0.314 e. The van der Waals surface area contributed by atoms with Gasteiger partial charge in [-0.1, -0.05) is 18.0 Å². The van der Waals surface area contributed by atoms with Crippen LogP contribution in [0.15, 0.2) is 27.4 Å². The maximum Gasteiger partial charge on any atom is 0.314 e. The van der Waals surface area contributed by atoms with Gasteiger partial charge in [-0.25, -0.2) is 0 Å². The quantitative estimate of drug-likeness (QED) is 0.784. The van der Waals surface area contributed by atoms with Gasteiger partial charge in [-0.15, -0.1) is 0 Å². The normalized spacial score (nSPS) is 16.7. The van der Waals surface area contributed by atoms with Crippen LogP contribution in [0, 0.1) is 6.92 Å². The van der Waals surface area contributed by atoms with Gasteiger partial charge in [-0.3, -0.25) is 19.8 Å². The molecule has 0 saturated carbocycles. The van der Waals surface area contributed by atoms with Gasteiger partial charge < -0.3 is 9.84 Å². The highest BCUT2D eigenvalue weighted by Gasteiger charge is 2.24. The number of carbonyl (C=O) groups excluding carboxylic acids is 2. The summed E-state index contributed by atoms with van der Waals surface area (Å²) in [6.45, 7) is 4.15. The van der Waals surface area contributed by atoms with E-state index < -0.39 is 11.8 Å². The predicted octanol–water partition coefficient (Wildman–Crippen LogP) is 2.72. The minimum absolute atomic E-state index is 0.0883. The number of hydrogen-bond donors (Lipinski definition) is 2. The van der Waals surface area contributed by atoms with Crippen molar-refractivity contribution in [1.82, 2.24) is 15.4 Å². The highest BCUT2D eigenvalue weighted by atomic mass is 32.1. The number of aromatic nitrogens is 1. The molecule has 0 radical (unpaired) electrons. The Morgan fingerprint density at radius 2 is 2.04 bits per heavy atom. The number of nitrogens with zero attached hydrogens (tertiary/aromatic N) is 2. The maximum atomic E-state index is 12.2. The summed E-state index contributed by atoms with van der Waals surface area (Å²) in [6, 6.07) is 3.74. The zero-order chi connectivity index (χ0) is 18.4. The van der Waals surface area contributed by atoms with Crippen LogP contribution >= 0.6 is 11.3 Å². The number of thiophene rings is 1. The number of aryl methyl sites for hydroxylation is 1. The molecule has 0 unspecified atom stereocenters. The monoisotopic (exact) mass is 376 g/mol. The van der Waals surface area contributed by atoms with Crippen LogP contribution in [0.5, 0.6) is 0 Å². The summed E-state index contributed by atoms with van der Waals surface area (Å²) in [6.07, 6.45) is 4.83. The van der Waals surface area contributed by atoms with Gasteiger partial charge in [0.15, 0.2) is 5.82 Å². The molecule has 0 aliphatic carbocycles. The lowest BCUT2D eigenvalue weighted by atomic mass is 10.1. The second-order valence-electron chi connectivity index (χ2n) is 6.51. The largest absolute Gasteiger partial charge is 0.360 e. The molecule has 140 valence electrons. The number of rotatable bonds is 5. The van der Waals surface area contributed by atoms with E-state index in [1.54, 1.807) is 24.3 Å². The molecule has 0 spiro atoms. The van der Waals surface area contributed by atoms with Gasteiger partial charge in [0.25, 0.3) is 0 Å². The number of likely N-dealkylation sites (tertiary alicyclic amines) is 1. The first-order valence-corrected chi connectivity index (χ1v) is 9.86. The third-order valence-electron chi connectivity index (χ3n) is 4.54. The Balaban J connectivity index is 1.59. The standard InChI is InChI=1S/C18H24N4O3S/c1-13-10-16(21-25-13)20-18(24)17(23)19-11-15(14-6-9-26-12-14)22-7-4-2-3-5-8-22/h6,9-10,12,15H,2-5,7-8,11H2,1H3,(H,19,23)(H,20,21,24)/t15-/m0/s1. The van der Waals surface area contributed by atoms with E-state index in [1.165, 1.54) is 31.2 Å². The Morgan fingerprint density at radius 1 is 1.27 bits per heavy atom. The number of amides is 2. The van der Waals surface area contributed by atoms with E-state index in [0.29, 0.717) is 12.3 Å². The molecule has 8 heteroatoms. The predicted molar refractivity (Wildman–Crippen MR) is 100.0 cm³/mol. The molecule has 1 saturated heterocycles. The van der Waals surface area contributed by atoms with Crippen molar-refractivity contribution in [2.45, 2.75) is 38.6 Å². The molecule has 2 aromatic heterocycles. The van der Waals surface area contributed by atoms with Crippen molar-refractivity contribution in [3.05, 3.63) is 34.2 Å². The first-order chi connectivity index (χ1) is 12.6. The zero-order valence-corrected chi connectivity index (χ0v) is 15.7. The Labute approximate surface area is 156 Å². The Hall–Kier alpha value is -2.19. The van der Waals surface area contributed by atoms with Crippen LogP contribution in [0.4, 0.5) is 5.82 Å². The summed E-state index contributed by atoms with van der Waals surface area (Å²) in [5.74, 6) is -0.595. The molecule has 1 aliphatic heterocycles. The Kier molecular flexibility index (Phi) is 6.40. The van der Waals surface area contributed by atoms with Crippen molar-refractivity contribution < 1.29 is 14.1 Å². The van der Waals surface area contributed by atoms with Crippen molar-refractivity contribution in [2.24, 2.45) is 0 Å². The zero-order valence-electron chi connectivity index (χ0n) is 14.9. The van der Waals surface area contributed by atoms with Crippen molar-refractivity contribution in [2.75, 3.05) is 25.0 Å². The molecule has 1 fully saturated rings. The summed E-state index contributed by atoms with van der Waals surface area (Å²) in [5.41, 5.74) is 1.18. The minimum atomic E-state index is -0.738. The van der Waals surface area contributed by atoms with E-state index in [9.17, 15) is 9.59 Å². The summed E-state index contributed by atoms with van der Waals surface area (Å²) in [4.78, 5) is 26.6. The molecule has 3 rings (SSSR count). The topological polar surface area (TPSA) is 87.5 Å². The minimum Gasteiger partial charge on any atom is -0.360 e. The lowest BCUT2D eigenvalue weighted by molar-refractivity contribution is -0.136. The van der Waals surface area contributed by atoms with E-state index in [2.05, 4.69) is 32.1 Å². The SMILES string of the molecule is Cc1cc(NC(=O)C(=O)NC[C@@H](c2ccsc2)N2CCCCCC2)no1. The van der Waals surface area contributed by atoms with Crippen LogP contribution in [-0.2, 0) is 9.59 Å². The fourth-order valence-electron chi connectivity index (χ4n) is 3.20. The third-order valence-corrected chi connectivity index (χ3v) is 5.24. The van der Waals surface area contributed by atoms with Gasteiger partial charge in [-0.05, 0) is 55.2 Å². The van der Waals surface area contributed by atoms with Crippen LogP contribution in [0.2, 0.25) is 0 Å². The van der Waals surface area contributed by atoms with Crippen LogP contribution in [0.25, 0.3) is 0 Å². The van der Waals surface area contributed by atoms with Gasteiger partial charge in [0.05, 0.1) is 6.04 Å². The second-order valence-corrected chi connectivity index (χ2v) is 7.29. The number of nitrogens with one attached hydrogen (secondary N) is 2. The first-order valence-electron chi connectivity index (χ1n) is 8.92. The molecule has 0 bridgehead atoms. The summed E-state index contributed by atoms with van der Waals surface area (Å²) >= 11 is 1.64. The molecule has 2 N–H and O–H groups in total. The molecule has 1 aliphatic rings. The maximum absolute atomic E-state index is 12.2. The van der Waals surface area contributed by atoms with E-state index >= 15 is 0 Å². The lowest BCUT2D eigenvalue weighted by Gasteiger charge is -2.30. The number of hydrogen-bond acceptors (Lipinski definition) is 6. The fourth-order valence-corrected chi connectivity index (χ4v) is 3.90. The van der Waals surface area contributed by atoms with E-state index in [0.717, 1.165) is 13.1 Å². The van der Waals surface area contributed by atoms with Gasteiger partial charge in [-0.2, -0.15) is 11.3 Å². The molecule has 3 heterocycles. The van der Waals surface area contributed by atoms with Crippen molar-refractivity contribution in [3.8, 4) is 0 Å². The molecule has 2 aromatic rings. The summed E-state index contributed by atoms with van der Waals surface area (Å²) in [7, 11) is 0. The van der Waals surface area contributed by atoms with Gasteiger partial charge in [0, 0.05) is 12.6 Å². The number of carbonyl (C=O) groups is 2. The van der Waals surface area contributed by atoms with Crippen LogP contribution in [0.3, 0.4) is 0 Å². The Bertz CT molecular complexity index is 721. The van der Waals surface area contributed by atoms with Crippen LogP contribution < -0.4 is 10.6 Å². The number of anilines is 1. The highest BCUT2D eigenvalue weighted by molar-refractivity contribution is 7.08. The molecule has 1 atom stereocenters. The molecule has 0 aromatic carbocycles. The highest BCUT2D eigenvalue weighted by Crippen LogP contribution is 2.25. The summed E-state index contributed by atoms with van der Waals surface area (Å²) < 4.78 is 4.88. The first kappa shape index (κ1) is 18.6. The van der Waals surface area contributed by atoms with Gasteiger partial charge in [0.2, 0.25) is 0 Å². The lowest BCUT2D eigenvalue weighted by Crippen LogP contribution is -2.42. The third kappa shape index (κ3) is 4.92. The molecular weight excluding hydrogens is 352 g/mol. The average Bonchev–Trinajstić information content (AvgIpc) is 3.21. The average molecular weight is 376 g/mol. The Morgan fingerprint density at radius 3 is 2.65 bits per heavy atom. The molecule has 2 amide bonds. The van der Waals surface area contributed by atoms with Crippen LogP contribution in [-0.4, -0.2) is 41.5 Å². The van der Waals surface area contributed by atoms with Crippen molar-refractivity contribution >= 4 is 29.0 Å². The molecule has 7 nitrogen and oxygen atoms in total. The molecule has 26 heavy (non-hydrogen) atoms. The second kappa shape index (κ2) is 8.95. The van der Waals surface area contributed by atoms with E-state index in [4.69, 9.17) is 4.52 Å². The van der Waals surface area contributed by atoms with Gasteiger partial charge in [0.1, 0.15) is 5.76 Å². The fraction of sp³-hybridized carbons (Fsp3) is 0.500. The van der Waals surface area contributed by atoms with Gasteiger partial charge >= 0.3 is 11.8 Å². The van der Waals surface area contributed by atoms with Crippen LogP contribution in [0.1, 0.15) is 43.0 Å².